The van der Waals surface area contributed by atoms with Gasteiger partial charge in [0.1, 0.15) is 11.9 Å². The lowest BCUT2D eigenvalue weighted by atomic mass is 10.0. The molecule has 1 fully saturated rings. The molecule has 68 valence electrons. The molecule has 2 aliphatic rings. The van der Waals surface area contributed by atoms with E-state index in [-0.39, 0.29) is 11.9 Å². The lowest BCUT2D eigenvalue weighted by Crippen LogP contribution is -1.92. The van der Waals surface area contributed by atoms with Gasteiger partial charge in [-0.3, -0.25) is 0 Å². The Bertz CT molecular complexity index is 348. The first-order valence-electron chi connectivity index (χ1n) is 4.78. The molecule has 1 nitrogen and oxygen atoms in total. The van der Waals surface area contributed by atoms with Gasteiger partial charge in [0.25, 0.3) is 0 Å². The summed E-state index contributed by atoms with van der Waals surface area (Å²) >= 11 is 0. The maximum atomic E-state index is 12.9. The smallest absolute Gasteiger partial charge is 0.123 e. The van der Waals surface area contributed by atoms with Crippen LogP contribution < -0.4 is 0 Å². The van der Waals surface area contributed by atoms with Crippen molar-refractivity contribution in [3.8, 4) is 0 Å². The predicted octanol–water partition coefficient (Wildman–Crippen LogP) is 2.60. The fourth-order valence-electron chi connectivity index (χ4n) is 2.20. The summed E-state index contributed by atoms with van der Waals surface area (Å²) in [4.78, 5) is 0. The van der Waals surface area contributed by atoms with Crippen LogP contribution in [-0.2, 0) is 11.2 Å². The second-order valence-electron chi connectivity index (χ2n) is 3.83. The standard InChI is InChI=1S/C11H11FO/c12-8-4-5-9-7(6-8)2-1-3-10-11(9)13-10/h4-6,10-11H,1-3H2. The normalized spacial score (nSPS) is 30.2. The molecule has 0 N–H and O–H groups in total. The molecule has 0 aromatic heterocycles. The van der Waals surface area contributed by atoms with E-state index >= 15 is 0 Å². The highest BCUT2D eigenvalue weighted by Gasteiger charge is 2.42. The first-order chi connectivity index (χ1) is 6.34. The van der Waals surface area contributed by atoms with Gasteiger partial charge in [-0.15, -0.1) is 0 Å². The van der Waals surface area contributed by atoms with E-state index in [4.69, 9.17) is 4.74 Å². The summed E-state index contributed by atoms with van der Waals surface area (Å²) in [5.74, 6) is -0.127. The van der Waals surface area contributed by atoms with E-state index in [1.807, 2.05) is 6.07 Å². The maximum absolute atomic E-state index is 12.9. The molecular formula is C11H11FO. The monoisotopic (exact) mass is 178 g/mol. The van der Waals surface area contributed by atoms with Gasteiger partial charge in [0, 0.05) is 0 Å². The van der Waals surface area contributed by atoms with Gasteiger partial charge < -0.3 is 4.74 Å². The van der Waals surface area contributed by atoms with Crippen LogP contribution >= 0.6 is 0 Å². The molecule has 2 unspecified atom stereocenters. The van der Waals surface area contributed by atoms with Gasteiger partial charge in [-0.2, -0.15) is 0 Å². The fourth-order valence-corrected chi connectivity index (χ4v) is 2.20. The molecule has 1 aromatic rings. The zero-order valence-corrected chi connectivity index (χ0v) is 7.29. The summed E-state index contributed by atoms with van der Waals surface area (Å²) in [5.41, 5.74) is 2.36. The van der Waals surface area contributed by atoms with Crippen molar-refractivity contribution in [3.05, 3.63) is 35.1 Å². The van der Waals surface area contributed by atoms with Crippen LogP contribution in [0.1, 0.15) is 30.1 Å². The first-order valence-corrected chi connectivity index (χ1v) is 4.78. The SMILES string of the molecule is Fc1ccc2c(c1)CCCC1OC21. The van der Waals surface area contributed by atoms with Crippen molar-refractivity contribution in [2.24, 2.45) is 0 Å². The Kier molecular flexibility index (Phi) is 1.47. The molecule has 0 bridgehead atoms. The van der Waals surface area contributed by atoms with Gasteiger partial charge in [-0.25, -0.2) is 4.39 Å². The van der Waals surface area contributed by atoms with Gasteiger partial charge in [0.2, 0.25) is 0 Å². The maximum Gasteiger partial charge on any atom is 0.123 e. The molecule has 1 aromatic carbocycles. The lowest BCUT2D eigenvalue weighted by molar-refractivity contribution is 0.357. The number of rotatable bonds is 0. The number of aryl methyl sites for hydroxylation is 1. The van der Waals surface area contributed by atoms with Crippen LogP contribution in [0.4, 0.5) is 4.39 Å². The second-order valence-corrected chi connectivity index (χ2v) is 3.83. The highest BCUT2D eigenvalue weighted by atomic mass is 19.1. The average Bonchev–Trinajstić information content (AvgIpc) is 2.82. The topological polar surface area (TPSA) is 12.5 Å². The second kappa shape index (κ2) is 2.55. The molecular weight excluding hydrogens is 167 g/mol. The predicted molar refractivity (Wildman–Crippen MR) is 47.0 cm³/mol. The fraction of sp³-hybridized carbons (Fsp3) is 0.455. The molecule has 2 heteroatoms. The summed E-state index contributed by atoms with van der Waals surface area (Å²) in [6.45, 7) is 0. The van der Waals surface area contributed by atoms with E-state index in [0.717, 1.165) is 24.8 Å². The number of hydrogen-bond acceptors (Lipinski definition) is 1. The molecule has 2 atom stereocenters. The highest BCUT2D eigenvalue weighted by Crippen LogP contribution is 2.45. The third-order valence-corrected chi connectivity index (χ3v) is 2.93. The van der Waals surface area contributed by atoms with Crippen LogP contribution in [0.3, 0.4) is 0 Å². The Balaban J connectivity index is 2.08. The van der Waals surface area contributed by atoms with Gasteiger partial charge in [0.05, 0.1) is 6.10 Å². The van der Waals surface area contributed by atoms with Crippen LogP contribution in [0.2, 0.25) is 0 Å². The highest BCUT2D eigenvalue weighted by molar-refractivity contribution is 5.34. The molecule has 1 heterocycles. The Morgan fingerprint density at radius 3 is 3.23 bits per heavy atom. The zero-order chi connectivity index (χ0) is 8.84. The quantitative estimate of drug-likeness (QED) is 0.556. The third kappa shape index (κ3) is 1.17. The number of epoxide rings is 1. The van der Waals surface area contributed by atoms with E-state index in [1.165, 1.54) is 11.6 Å². The average molecular weight is 178 g/mol. The van der Waals surface area contributed by atoms with Crippen molar-refractivity contribution < 1.29 is 9.13 Å². The van der Waals surface area contributed by atoms with E-state index in [9.17, 15) is 4.39 Å². The summed E-state index contributed by atoms with van der Waals surface area (Å²) in [7, 11) is 0. The minimum atomic E-state index is -0.127. The summed E-state index contributed by atoms with van der Waals surface area (Å²) in [6, 6.07) is 5.06. The summed E-state index contributed by atoms with van der Waals surface area (Å²) in [6.07, 6.45) is 3.95. The molecule has 13 heavy (non-hydrogen) atoms. The Hall–Kier alpha value is -0.890. The van der Waals surface area contributed by atoms with E-state index < -0.39 is 0 Å². The van der Waals surface area contributed by atoms with Gasteiger partial charge in [0.15, 0.2) is 0 Å². The van der Waals surface area contributed by atoms with Crippen LogP contribution in [0.15, 0.2) is 18.2 Å². The number of ether oxygens (including phenoxy) is 1. The van der Waals surface area contributed by atoms with Crippen LogP contribution in [0.5, 0.6) is 0 Å². The van der Waals surface area contributed by atoms with Gasteiger partial charge in [-0.05, 0) is 42.5 Å². The minimum Gasteiger partial charge on any atom is -0.364 e. The van der Waals surface area contributed by atoms with Crippen molar-refractivity contribution in [2.75, 3.05) is 0 Å². The molecule has 1 aliphatic heterocycles. The van der Waals surface area contributed by atoms with Crippen LogP contribution in [0, 0.1) is 5.82 Å². The Morgan fingerprint density at radius 2 is 2.31 bits per heavy atom. The van der Waals surface area contributed by atoms with E-state index in [1.54, 1.807) is 6.07 Å². The number of fused-ring (bicyclic) bond motifs is 3. The van der Waals surface area contributed by atoms with Gasteiger partial charge >= 0.3 is 0 Å². The summed E-state index contributed by atoms with van der Waals surface area (Å²) < 4.78 is 18.4. The number of halogens is 1. The summed E-state index contributed by atoms with van der Waals surface area (Å²) in [5, 5.41) is 0. The third-order valence-electron chi connectivity index (χ3n) is 2.93. The number of hydrogen-bond donors (Lipinski definition) is 0. The lowest BCUT2D eigenvalue weighted by Gasteiger charge is -2.04. The molecule has 1 aliphatic carbocycles. The van der Waals surface area contributed by atoms with Crippen molar-refractivity contribution in [1.29, 1.82) is 0 Å². The molecule has 0 saturated carbocycles. The Labute approximate surface area is 76.5 Å². The van der Waals surface area contributed by atoms with Crippen molar-refractivity contribution in [3.63, 3.8) is 0 Å². The molecule has 1 saturated heterocycles. The van der Waals surface area contributed by atoms with Crippen molar-refractivity contribution in [1.82, 2.24) is 0 Å². The molecule has 0 spiro atoms. The molecule has 0 amide bonds. The van der Waals surface area contributed by atoms with Gasteiger partial charge in [-0.1, -0.05) is 6.07 Å². The largest absolute Gasteiger partial charge is 0.364 e. The van der Waals surface area contributed by atoms with Crippen molar-refractivity contribution in [2.45, 2.75) is 31.5 Å². The Morgan fingerprint density at radius 1 is 1.38 bits per heavy atom. The number of benzene rings is 1. The molecule has 0 radical (unpaired) electrons. The van der Waals surface area contributed by atoms with Crippen LogP contribution in [-0.4, -0.2) is 6.10 Å². The zero-order valence-electron chi connectivity index (χ0n) is 7.29. The van der Waals surface area contributed by atoms with Crippen LogP contribution in [0.25, 0.3) is 0 Å². The van der Waals surface area contributed by atoms with E-state index in [0.29, 0.717) is 6.10 Å². The first kappa shape index (κ1) is 7.51. The van der Waals surface area contributed by atoms with E-state index in [2.05, 4.69) is 0 Å². The van der Waals surface area contributed by atoms with Crippen molar-refractivity contribution >= 4 is 0 Å². The minimum absolute atomic E-state index is 0.127. The molecule has 3 rings (SSSR count).